The SMILES string of the molecule is C[N+]1(C)CCC[C@@H]2[C@H](O)CCC[C@@H]21.[I-]. The Morgan fingerprint density at radius 1 is 1.07 bits per heavy atom. The number of rotatable bonds is 0. The number of piperidine rings is 1. The maximum atomic E-state index is 9.93. The van der Waals surface area contributed by atoms with Crippen LogP contribution >= 0.6 is 0 Å². The standard InChI is InChI=1S/C11H22NO.HI/c1-12(2)8-4-5-9-10(12)6-3-7-11(9)13;/h9-11,13H,3-8H2,1-2H3;1H/q+1;/p-1/t9-,10-,11+;/m0./s1. The number of aliphatic hydroxyl groups excluding tert-OH is 1. The number of hydrogen-bond acceptors (Lipinski definition) is 1. The molecule has 2 fully saturated rings. The van der Waals surface area contributed by atoms with Crippen LogP contribution in [0.1, 0.15) is 32.1 Å². The van der Waals surface area contributed by atoms with Crippen LogP contribution in [-0.4, -0.2) is 42.4 Å². The van der Waals surface area contributed by atoms with Gasteiger partial charge < -0.3 is 33.6 Å². The zero-order valence-electron chi connectivity index (χ0n) is 9.25. The largest absolute Gasteiger partial charge is 1.00 e. The predicted molar refractivity (Wildman–Crippen MR) is 53.3 cm³/mol. The smallest absolute Gasteiger partial charge is 0.0939 e. The van der Waals surface area contributed by atoms with Crippen molar-refractivity contribution in [3.8, 4) is 0 Å². The number of quaternary nitrogens is 1. The zero-order chi connectivity index (χ0) is 9.47. The fraction of sp³-hybridized carbons (Fsp3) is 1.00. The highest BCUT2D eigenvalue weighted by atomic mass is 127. The molecule has 0 bridgehead atoms. The summed E-state index contributed by atoms with van der Waals surface area (Å²) in [5.41, 5.74) is 0. The first-order valence-corrected chi connectivity index (χ1v) is 5.62. The predicted octanol–water partition coefficient (Wildman–Crippen LogP) is -1.61. The van der Waals surface area contributed by atoms with Gasteiger partial charge in [0.25, 0.3) is 0 Å². The van der Waals surface area contributed by atoms with E-state index in [2.05, 4.69) is 14.1 Å². The third kappa shape index (κ3) is 2.25. The second-order valence-electron chi connectivity index (χ2n) is 5.37. The molecule has 0 radical (unpaired) electrons. The number of nitrogens with zero attached hydrogens (tertiary/aromatic N) is 1. The summed E-state index contributed by atoms with van der Waals surface area (Å²) in [6, 6.07) is 0.734. The van der Waals surface area contributed by atoms with Gasteiger partial charge in [-0.1, -0.05) is 0 Å². The molecule has 1 saturated carbocycles. The lowest BCUT2D eigenvalue weighted by molar-refractivity contribution is -0.926. The molecule has 0 aromatic heterocycles. The van der Waals surface area contributed by atoms with Crippen LogP contribution in [0.2, 0.25) is 0 Å². The average Bonchev–Trinajstić information content (AvgIpc) is 2.06. The normalized spacial score (nSPS) is 40.9. The molecule has 84 valence electrons. The highest BCUT2D eigenvalue weighted by molar-refractivity contribution is 4.85. The van der Waals surface area contributed by atoms with Gasteiger partial charge in [0.05, 0.1) is 32.8 Å². The summed E-state index contributed by atoms with van der Waals surface area (Å²) in [6.07, 6.45) is 6.15. The van der Waals surface area contributed by atoms with E-state index in [-0.39, 0.29) is 30.1 Å². The Kier molecular flexibility index (Phi) is 4.23. The van der Waals surface area contributed by atoms with E-state index >= 15 is 0 Å². The van der Waals surface area contributed by atoms with Crippen molar-refractivity contribution in [2.75, 3.05) is 20.6 Å². The van der Waals surface area contributed by atoms with Gasteiger partial charge in [0.1, 0.15) is 0 Å². The van der Waals surface area contributed by atoms with Gasteiger partial charge in [0.15, 0.2) is 0 Å². The van der Waals surface area contributed by atoms with Gasteiger partial charge in [-0.3, -0.25) is 0 Å². The molecule has 1 aliphatic heterocycles. The van der Waals surface area contributed by atoms with Gasteiger partial charge in [-0.05, 0) is 32.1 Å². The lowest BCUT2D eigenvalue weighted by Gasteiger charge is -2.49. The van der Waals surface area contributed by atoms with E-state index in [1.807, 2.05) is 0 Å². The molecule has 0 spiro atoms. The van der Waals surface area contributed by atoms with E-state index in [1.54, 1.807) is 0 Å². The number of aliphatic hydroxyl groups is 1. The van der Waals surface area contributed by atoms with Crippen LogP contribution in [0.25, 0.3) is 0 Å². The molecule has 0 amide bonds. The second-order valence-corrected chi connectivity index (χ2v) is 5.37. The summed E-state index contributed by atoms with van der Waals surface area (Å²) in [5.74, 6) is 0.595. The van der Waals surface area contributed by atoms with E-state index in [9.17, 15) is 5.11 Å². The van der Waals surface area contributed by atoms with E-state index in [0.717, 1.165) is 16.9 Å². The van der Waals surface area contributed by atoms with E-state index in [4.69, 9.17) is 0 Å². The van der Waals surface area contributed by atoms with Gasteiger partial charge >= 0.3 is 0 Å². The van der Waals surface area contributed by atoms with Gasteiger partial charge in [-0.15, -0.1) is 0 Å². The van der Waals surface area contributed by atoms with Crippen LogP contribution < -0.4 is 24.0 Å². The van der Waals surface area contributed by atoms with Gasteiger partial charge in [-0.25, -0.2) is 0 Å². The molecule has 2 aliphatic rings. The Morgan fingerprint density at radius 2 is 1.79 bits per heavy atom. The topological polar surface area (TPSA) is 20.2 Å². The van der Waals surface area contributed by atoms with Crippen molar-refractivity contribution in [2.45, 2.75) is 44.2 Å². The quantitative estimate of drug-likeness (QED) is 0.422. The van der Waals surface area contributed by atoms with Crippen molar-refractivity contribution < 1.29 is 33.6 Å². The van der Waals surface area contributed by atoms with Crippen molar-refractivity contribution in [1.29, 1.82) is 0 Å². The molecular formula is C11H22INO. The Hall–Kier alpha value is 0.650. The van der Waals surface area contributed by atoms with Gasteiger partial charge in [0.2, 0.25) is 0 Å². The lowest BCUT2D eigenvalue weighted by Crippen LogP contribution is -3.00. The highest BCUT2D eigenvalue weighted by Crippen LogP contribution is 2.37. The van der Waals surface area contributed by atoms with Gasteiger partial charge in [0, 0.05) is 5.92 Å². The monoisotopic (exact) mass is 311 g/mol. The molecule has 0 aromatic rings. The second kappa shape index (κ2) is 4.66. The first kappa shape index (κ1) is 12.7. The first-order valence-electron chi connectivity index (χ1n) is 5.62. The summed E-state index contributed by atoms with van der Waals surface area (Å²) in [7, 11) is 4.66. The Balaban J connectivity index is 0.000000980. The highest BCUT2D eigenvalue weighted by Gasteiger charge is 2.44. The van der Waals surface area contributed by atoms with Crippen LogP contribution in [0, 0.1) is 5.92 Å². The summed E-state index contributed by atoms with van der Waals surface area (Å²) in [4.78, 5) is 0. The molecule has 3 heteroatoms. The minimum atomic E-state index is -0.00329. The fourth-order valence-electron chi connectivity index (χ4n) is 3.37. The summed E-state index contributed by atoms with van der Waals surface area (Å²) in [5, 5.41) is 9.93. The van der Waals surface area contributed by atoms with Crippen LogP contribution in [0.5, 0.6) is 0 Å². The summed E-state index contributed by atoms with van der Waals surface area (Å²) < 4.78 is 1.14. The summed E-state index contributed by atoms with van der Waals surface area (Å²) >= 11 is 0. The summed E-state index contributed by atoms with van der Waals surface area (Å²) in [6.45, 7) is 1.30. The van der Waals surface area contributed by atoms with Crippen LogP contribution in [0.4, 0.5) is 0 Å². The van der Waals surface area contributed by atoms with Crippen molar-refractivity contribution in [3.63, 3.8) is 0 Å². The zero-order valence-corrected chi connectivity index (χ0v) is 11.4. The van der Waals surface area contributed by atoms with Gasteiger partial charge in [-0.2, -0.15) is 0 Å². The lowest BCUT2D eigenvalue weighted by atomic mass is 9.75. The number of likely N-dealkylation sites (tertiary alicyclic amines) is 1. The van der Waals surface area contributed by atoms with Crippen LogP contribution in [-0.2, 0) is 0 Å². The van der Waals surface area contributed by atoms with E-state index in [1.165, 1.54) is 32.2 Å². The van der Waals surface area contributed by atoms with E-state index < -0.39 is 0 Å². The van der Waals surface area contributed by atoms with Crippen LogP contribution in [0.15, 0.2) is 0 Å². The Bertz CT molecular complexity index is 196. The van der Waals surface area contributed by atoms with E-state index in [0.29, 0.717) is 5.92 Å². The Morgan fingerprint density at radius 3 is 2.43 bits per heavy atom. The molecule has 2 nitrogen and oxygen atoms in total. The molecule has 14 heavy (non-hydrogen) atoms. The first-order chi connectivity index (χ1) is 6.11. The molecule has 0 aromatic carbocycles. The maximum absolute atomic E-state index is 9.93. The minimum absolute atomic E-state index is 0. The van der Waals surface area contributed by atoms with Crippen molar-refractivity contribution in [3.05, 3.63) is 0 Å². The van der Waals surface area contributed by atoms with Crippen LogP contribution in [0.3, 0.4) is 0 Å². The minimum Gasteiger partial charge on any atom is -1.00 e. The third-order valence-corrected chi connectivity index (χ3v) is 4.16. The molecule has 0 unspecified atom stereocenters. The maximum Gasteiger partial charge on any atom is 0.0939 e. The number of hydrogen-bond donors (Lipinski definition) is 1. The molecule has 3 atom stereocenters. The molecule has 1 heterocycles. The molecule has 2 rings (SSSR count). The van der Waals surface area contributed by atoms with Crippen molar-refractivity contribution >= 4 is 0 Å². The molecule has 1 aliphatic carbocycles. The average molecular weight is 311 g/mol. The molecular weight excluding hydrogens is 289 g/mol. The van der Waals surface area contributed by atoms with Crippen molar-refractivity contribution in [1.82, 2.24) is 0 Å². The van der Waals surface area contributed by atoms with Crippen molar-refractivity contribution in [2.24, 2.45) is 5.92 Å². The number of fused-ring (bicyclic) bond motifs is 1. The third-order valence-electron chi connectivity index (χ3n) is 4.16. The molecule has 1 saturated heterocycles. The number of halogens is 1. The fourth-order valence-corrected chi connectivity index (χ4v) is 3.37. The molecule has 1 N–H and O–H groups in total. The Labute approximate surface area is 104 Å².